The SMILES string of the molecule is CCc1nc(CCNC(=O)N2CCC[C@@H](c3ccncn3)C2)no1. The van der Waals surface area contributed by atoms with E-state index >= 15 is 0 Å². The lowest BCUT2D eigenvalue weighted by atomic mass is 9.95. The highest BCUT2D eigenvalue weighted by molar-refractivity contribution is 5.74. The largest absolute Gasteiger partial charge is 0.339 e. The number of nitrogens with one attached hydrogen (secondary N) is 1. The Morgan fingerprint density at radius 3 is 3.17 bits per heavy atom. The fraction of sp³-hybridized carbons (Fsp3) is 0.562. The summed E-state index contributed by atoms with van der Waals surface area (Å²) >= 11 is 0. The number of carbonyl (C=O) groups excluding carboxylic acids is 1. The summed E-state index contributed by atoms with van der Waals surface area (Å²) in [5.74, 6) is 1.53. The molecule has 1 aliphatic heterocycles. The maximum Gasteiger partial charge on any atom is 0.317 e. The Bertz CT molecular complexity index is 660. The standard InChI is InChI=1S/C16H22N6O2/c1-2-15-20-14(21-24-15)6-8-18-16(23)22-9-3-4-12(10-22)13-5-7-17-11-19-13/h5,7,11-12H,2-4,6,8-10H2,1H3,(H,18,23)/t12-/m1/s1. The molecule has 2 amide bonds. The zero-order valence-electron chi connectivity index (χ0n) is 13.8. The fourth-order valence-corrected chi connectivity index (χ4v) is 2.87. The molecular formula is C16H22N6O2. The number of hydrogen-bond donors (Lipinski definition) is 1. The highest BCUT2D eigenvalue weighted by Crippen LogP contribution is 2.24. The minimum Gasteiger partial charge on any atom is -0.339 e. The Kier molecular flexibility index (Phi) is 5.35. The van der Waals surface area contributed by atoms with Crippen LogP contribution in [0.2, 0.25) is 0 Å². The van der Waals surface area contributed by atoms with Crippen molar-refractivity contribution in [1.82, 2.24) is 30.3 Å². The third kappa shape index (κ3) is 4.06. The summed E-state index contributed by atoms with van der Waals surface area (Å²) in [6.45, 7) is 3.92. The third-order valence-corrected chi connectivity index (χ3v) is 4.17. The first-order valence-corrected chi connectivity index (χ1v) is 8.36. The van der Waals surface area contributed by atoms with Crippen LogP contribution >= 0.6 is 0 Å². The molecule has 2 aromatic heterocycles. The van der Waals surface area contributed by atoms with Gasteiger partial charge in [-0.1, -0.05) is 12.1 Å². The van der Waals surface area contributed by atoms with Gasteiger partial charge in [0.25, 0.3) is 0 Å². The molecule has 3 rings (SSSR count). The van der Waals surface area contributed by atoms with Crippen molar-refractivity contribution in [2.45, 2.75) is 38.5 Å². The molecule has 0 aliphatic carbocycles. The van der Waals surface area contributed by atoms with Gasteiger partial charge in [0, 0.05) is 50.3 Å². The number of aromatic nitrogens is 4. The van der Waals surface area contributed by atoms with Gasteiger partial charge in [0.05, 0.1) is 0 Å². The van der Waals surface area contributed by atoms with E-state index < -0.39 is 0 Å². The Labute approximate surface area is 140 Å². The van der Waals surface area contributed by atoms with Gasteiger partial charge in [-0.25, -0.2) is 14.8 Å². The van der Waals surface area contributed by atoms with Crippen molar-refractivity contribution in [3.63, 3.8) is 0 Å². The third-order valence-electron chi connectivity index (χ3n) is 4.17. The normalized spacial score (nSPS) is 17.7. The second-order valence-corrected chi connectivity index (χ2v) is 5.86. The smallest absolute Gasteiger partial charge is 0.317 e. The molecule has 1 fully saturated rings. The van der Waals surface area contributed by atoms with E-state index in [1.54, 1.807) is 12.5 Å². The van der Waals surface area contributed by atoms with Crippen LogP contribution in [0.1, 0.15) is 43.1 Å². The van der Waals surface area contributed by atoms with Crippen LogP contribution in [0, 0.1) is 0 Å². The van der Waals surface area contributed by atoms with Crippen LogP contribution in [-0.2, 0) is 12.8 Å². The van der Waals surface area contributed by atoms with E-state index in [-0.39, 0.29) is 11.9 Å². The first-order chi connectivity index (χ1) is 11.8. The number of urea groups is 1. The first-order valence-electron chi connectivity index (χ1n) is 8.36. The van der Waals surface area contributed by atoms with E-state index in [4.69, 9.17) is 4.52 Å². The molecule has 0 saturated carbocycles. The van der Waals surface area contributed by atoms with E-state index in [1.165, 1.54) is 0 Å². The summed E-state index contributed by atoms with van der Waals surface area (Å²) in [5, 5.41) is 6.82. The quantitative estimate of drug-likeness (QED) is 0.893. The topological polar surface area (TPSA) is 97.0 Å². The summed E-state index contributed by atoms with van der Waals surface area (Å²) in [5.41, 5.74) is 1.00. The molecule has 0 aromatic carbocycles. The van der Waals surface area contributed by atoms with E-state index in [0.717, 1.165) is 31.5 Å². The van der Waals surface area contributed by atoms with Crippen molar-refractivity contribution in [2.24, 2.45) is 0 Å². The Balaban J connectivity index is 1.47. The van der Waals surface area contributed by atoms with Gasteiger partial charge in [0.15, 0.2) is 5.82 Å². The fourth-order valence-electron chi connectivity index (χ4n) is 2.87. The van der Waals surface area contributed by atoms with Crippen molar-refractivity contribution in [3.8, 4) is 0 Å². The summed E-state index contributed by atoms with van der Waals surface area (Å²) in [6.07, 6.45) is 6.62. The van der Waals surface area contributed by atoms with Gasteiger partial charge in [0.1, 0.15) is 6.33 Å². The Hall–Kier alpha value is -2.51. The molecule has 1 atom stereocenters. The van der Waals surface area contributed by atoms with Gasteiger partial charge < -0.3 is 14.7 Å². The van der Waals surface area contributed by atoms with Crippen LogP contribution in [0.25, 0.3) is 0 Å². The van der Waals surface area contributed by atoms with Crippen LogP contribution in [0.3, 0.4) is 0 Å². The average Bonchev–Trinajstić information content (AvgIpc) is 3.10. The number of hydrogen-bond acceptors (Lipinski definition) is 6. The molecule has 3 heterocycles. The van der Waals surface area contributed by atoms with Crippen molar-refractivity contribution < 1.29 is 9.32 Å². The van der Waals surface area contributed by atoms with Crippen molar-refractivity contribution in [1.29, 1.82) is 0 Å². The second kappa shape index (κ2) is 7.85. The molecular weight excluding hydrogens is 308 g/mol. The van der Waals surface area contributed by atoms with Gasteiger partial charge in [-0.2, -0.15) is 4.98 Å². The van der Waals surface area contributed by atoms with Gasteiger partial charge >= 0.3 is 6.03 Å². The van der Waals surface area contributed by atoms with Crippen molar-refractivity contribution >= 4 is 6.03 Å². The van der Waals surface area contributed by atoms with Gasteiger partial charge in [0.2, 0.25) is 5.89 Å². The van der Waals surface area contributed by atoms with Gasteiger partial charge in [-0.3, -0.25) is 0 Å². The van der Waals surface area contributed by atoms with E-state index in [2.05, 4.69) is 25.4 Å². The molecule has 24 heavy (non-hydrogen) atoms. The Morgan fingerprint density at radius 2 is 2.42 bits per heavy atom. The number of carbonyl (C=O) groups is 1. The van der Waals surface area contributed by atoms with E-state index in [9.17, 15) is 4.79 Å². The summed E-state index contributed by atoms with van der Waals surface area (Å²) in [6, 6.07) is 1.88. The summed E-state index contributed by atoms with van der Waals surface area (Å²) < 4.78 is 5.05. The second-order valence-electron chi connectivity index (χ2n) is 5.86. The maximum absolute atomic E-state index is 12.3. The summed E-state index contributed by atoms with van der Waals surface area (Å²) in [7, 11) is 0. The molecule has 8 nitrogen and oxygen atoms in total. The molecule has 1 N–H and O–H groups in total. The molecule has 0 radical (unpaired) electrons. The number of aryl methyl sites for hydroxylation is 1. The van der Waals surface area contributed by atoms with Crippen LogP contribution < -0.4 is 5.32 Å². The Morgan fingerprint density at radius 1 is 1.50 bits per heavy atom. The molecule has 0 bridgehead atoms. The first kappa shape index (κ1) is 16.4. The van der Waals surface area contributed by atoms with Crippen LogP contribution in [0.15, 0.2) is 23.1 Å². The summed E-state index contributed by atoms with van der Waals surface area (Å²) in [4.78, 5) is 26.7. The molecule has 8 heteroatoms. The molecule has 1 aliphatic rings. The molecule has 128 valence electrons. The van der Waals surface area contributed by atoms with E-state index in [1.807, 2.05) is 17.9 Å². The van der Waals surface area contributed by atoms with Crippen LogP contribution in [0.4, 0.5) is 4.79 Å². The lowest BCUT2D eigenvalue weighted by Gasteiger charge is -2.32. The average molecular weight is 330 g/mol. The van der Waals surface area contributed by atoms with Gasteiger partial charge in [-0.15, -0.1) is 0 Å². The highest BCUT2D eigenvalue weighted by atomic mass is 16.5. The molecule has 1 saturated heterocycles. The minimum absolute atomic E-state index is 0.0482. The highest BCUT2D eigenvalue weighted by Gasteiger charge is 2.25. The number of piperidine rings is 1. The lowest BCUT2D eigenvalue weighted by molar-refractivity contribution is 0.179. The van der Waals surface area contributed by atoms with Crippen molar-refractivity contribution in [2.75, 3.05) is 19.6 Å². The van der Waals surface area contributed by atoms with Crippen LogP contribution in [0.5, 0.6) is 0 Å². The monoisotopic (exact) mass is 330 g/mol. The number of rotatable bonds is 5. The molecule has 0 spiro atoms. The predicted molar refractivity (Wildman–Crippen MR) is 86.4 cm³/mol. The lowest BCUT2D eigenvalue weighted by Crippen LogP contribution is -2.45. The molecule has 2 aromatic rings. The van der Waals surface area contributed by atoms with Gasteiger partial charge in [-0.05, 0) is 18.9 Å². The minimum atomic E-state index is -0.0482. The molecule has 0 unspecified atom stereocenters. The number of likely N-dealkylation sites (tertiary alicyclic amines) is 1. The maximum atomic E-state index is 12.3. The zero-order chi connectivity index (χ0) is 16.8. The predicted octanol–water partition coefficient (Wildman–Crippen LogP) is 1.55. The number of amides is 2. The zero-order valence-corrected chi connectivity index (χ0v) is 13.8. The van der Waals surface area contributed by atoms with Crippen molar-refractivity contribution in [3.05, 3.63) is 36.0 Å². The number of nitrogens with zero attached hydrogens (tertiary/aromatic N) is 5. The van der Waals surface area contributed by atoms with Crippen LogP contribution in [-0.4, -0.2) is 50.7 Å². The van der Waals surface area contributed by atoms with E-state index in [0.29, 0.717) is 31.2 Å².